The molecule has 39 heavy (non-hydrogen) atoms. The van der Waals surface area contributed by atoms with Crippen molar-refractivity contribution in [3.63, 3.8) is 0 Å². The molecule has 2 saturated heterocycles. The molecule has 0 aromatic heterocycles. The van der Waals surface area contributed by atoms with Crippen molar-refractivity contribution in [1.82, 2.24) is 4.90 Å². The van der Waals surface area contributed by atoms with E-state index in [1.807, 2.05) is 60.7 Å². The summed E-state index contributed by atoms with van der Waals surface area (Å²) in [5.74, 6) is -1.04. The van der Waals surface area contributed by atoms with E-state index in [-0.39, 0.29) is 40.5 Å². The molecule has 1 saturated carbocycles. The molecule has 10 heteroatoms. The van der Waals surface area contributed by atoms with Gasteiger partial charge in [0.1, 0.15) is 11.5 Å². The normalized spacial score (nSPS) is 28.5. The van der Waals surface area contributed by atoms with Gasteiger partial charge in [-0.1, -0.05) is 81.4 Å². The minimum atomic E-state index is -3.89. The first-order valence-electron chi connectivity index (χ1n) is 13.1. The van der Waals surface area contributed by atoms with Crippen molar-refractivity contribution >= 4 is 30.0 Å². The fourth-order valence-electron chi connectivity index (χ4n) is 5.67. The number of amides is 1. The minimum absolute atomic E-state index is 0. The Hall–Kier alpha value is -1.49. The molecule has 7 nitrogen and oxygen atoms in total. The molecule has 2 aromatic rings. The molecule has 1 amide bonds. The number of β-lactam (4-membered cyclic amide) rings is 1. The second kappa shape index (κ2) is 9.81. The average molecular weight is 579 g/mol. The molecular weight excluding hydrogens is 541 g/mol. The Labute approximate surface area is 255 Å². The van der Waals surface area contributed by atoms with Gasteiger partial charge in [-0.3, -0.25) is 4.79 Å². The molecule has 2 aliphatic heterocycles. The third kappa shape index (κ3) is 4.48. The van der Waals surface area contributed by atoms with Crippen molar-refractivity contribution in [3.05, 3.63) is 71.8 Å². The van der Waals surface area contributed by atoms with E-state index >= 15 is 0 Å². The SMILES string of the molecule is CC(C)(C)[Si](C)(C)OC1CC12C(=O)N1[C@@H](C(=O)OC(c3ccccc3)c3ccccc3)C(C)(C)S(=O)(=O)[C@@H]12.[Na+]. The van der Waals surface area contributed by atoms with Crippen LogP contribution >= 0.6 is 0 Å². The number of benzene rings is 2. The number of nitrogens with zero attached hydrogens (tertiary/aromatic N) is 1. The number of ether oxygens (including phenoxy) is 1. The zero-order chi connectivity index (χ0) is 27.9. The largest absolute Gasteiger partial charge is 1.00 e. The Morgan fingerprint density at radius 3 is 1.95 bits per heavy atom. The van der Waals surface area contributed by atoms with Gasteiger partial charge in [0.2, 0.25) is 5.91 Å². The van der Waals surface area contributed by atoms with Crippen LogP contribution in [0, 0.1) is 5.41 Å². The first kappa shape index (κ1) is 30.5. The molecule has 0 radical (unpaired) electrons. The van der Waals surface area contributed by atoms with Crippen LogP contribution in [0.25, 0.3) is 0 Å². The molecular formula is C29H37NNaO6SSi+. The molecule has 2 heterocycles. The Balaban J connectivity index is 0.00000353. The van der Waals surface area contributed by atoms with Gasteiger partial charge in [-0.25, -0.2) is 13.2 Å². The predicted octanol–water partition coefficient (Wildman–Crippen LogP) is 1.85. The van der Waals surface area contributed by atoms with E-state index in [0.29, 0.717) is 6.42 Å². The fraction of sp³-hybridized carbons (Fsp3) is 0.517. The van der Waals surface area contributed by atoms with Crippen LogP contribution in [0.1, 0.15) is 58.3 Å². The van der Waals surface area contributed by atoms with Crippen molar-refractivity contribution in [3.8, 4) is 0 Å². The third-order valence-electron chi connectivity index (χ3n) is 9.13. The number of carbonyl (C=O) groups is 2. The van der Waals surface area contributed by atoms with E-state index in [2.05, 4.69) is 33.9 Å². The molecule has 4 atom stereocenters. The summed E-state index contributed by atoms with van der Waals surface area (Å²) in [6, 6.07) is 17.4. The van der Waals surface area contributed by atoms with E-state index in [1.165, 1.54) is 18.7 Å². The van der Waals surface area contributed by atoms with E-state index in [9.17, 15) is 18.0 Å². The molecule has 0 bridgehead atoms. The number of rotatable bonds is 6. The van der Waals surface area contributed by atoms with Gasteiger partial charge >= 0.3 is 35.5 Å². The molecule has 2 aromatic carbocycles. The Morgan fingerprint density at radius 2 is 1.49 bits per heavy atom. The molecule has 1 aliphatic carbocycles. The molecule has 3 aliphatic rings. The first-order valence-corrected chi connectivity index (χ1v) is 17.6. The number of hydrogen-bond donors (Lipinski definition) is 0. The van der Waals surface area contributed by atoms with E-state index < -0.39 is 57.9 Å². The van der Waals surface area contributed by atoms with Crippen molar-refractivity contribution in [2.75, 3.05) is 0 Å². The van der Waals surface area contributed by atoms with Gasteiger partial charge < -0.3 is 14.1 Å². The van der Waals surface area contributed by atoms with Gasteiger partial charge in [0, 0.05) is 0 Å². The van der Waals surface area contributed by atoms with Crippen molar-refractivity contribution in [2.45, 2.75) is 87.5 Å². The molecule has 5 rings (SSSR count). The Kier molecular flexibility index (Phi) is 7.66. The van der Waals surface area contributed by atoms with Crippen LogP contribution in [0.2, 0.25) is 18.1 Å². The fourth-order valence-corrected chi connectivity index (χ4v) is 9.54. The van der Waals surface area contributed by atoms with Crippen molar-refractivity contribution in [1.29, 1.82) is 0 Å². The molecule has 0 N–H and O–H groups in total. The van der Waals surface area contributed by atoms with Gasteiger partial charge in [-0.05, 0) is 49.5 Å². The van der Waals surface area contributed by atoms with Crippen LogP contribution < -0.4 is 29.6 Å². The predicted molar refractivity (Wildman–Crippen MR) is 147 cm³/mol. The number of hydrogen-bond acceptors (Lipinski definition) is 6. The van der Waals surface area contributed by atoms with Gasteiger partial charge in [-0.15, -0.1) is 0 Å². The van der Waals surface area contributed by atoms with Crippen LogP contribution in [0.5, 0.6) is 0 Å². The smallest absolute Gasteiger partial charge is 0.451 e. The molecule has 2 unspecified atom stereocenters. The minimum Gasteiger partial charge on any atom is -0.451 e. The third-order valence-corrected chi connectivity index (χ3v) is 16.5. The number of fused-ring (bicyclic) bond motifs is 2. The van der Waals surface area contributed by atoms with Crippen LogP contribution in [0.15, 0.2) is 60.7 Å². The number of carbonyl (C=O) groups excluding carboxylic acids is 2. The summed E-state index contributed by atoms with van der Waals surface area (Å²) in [6.45, 7) is 13.6. The summed E-state index contributed by atoms with van der Waals surface area (Å²) in [5, 5.41) is -1.15. The summed E-state index contributed by atoms with van der Waals surface area (Å²) >= 11 is 0. The molecule has 204 valence electrons. The summed E-state index contributed by atoms with van der Waals surface area (Å²) in [4.78, 5) is 28.8. The summed E-state index contributed by atoms with van der Waals surface area (Å²) < 4.78 is 38.8. The quantitative estimate of drug-likeness (QED) is 0.295. The Morgan fingerprint density at radius 1 is 1.00 bits per heavy atom. The van der Waals surface area contributed by atoms with E-state index in [1.54, 1.807) is 0 Å². The Bertz CT molecular complexity index is 1340. The van der Waals surface area contributed by atoms with Gasteiger partial charge in [-0.2, -0.15) is 0 Å². The van der Waals surface area contributed by atoms with Crippen LogP contribution in [0.4, 0.5) is 0 Å². The molecule has 3 fully saturated rings. The summed E-state index contributed by atoms with van der Waals surface area (Å²) in [5.41, 5.74) is 0.427. The van der Waals surface area contributed by atoms with Gasteiger partial charge in [0.15, 0.2) is 29.6 Å². The zero-order valence-electron chi connectivity index (χ0n) is 24.1. The summed E-state index contributed by atoms with van der Waals surface area (Å²) in [7, 11) is -6.11. The van der Waals surface area contributed by atoms with Gasteiger partial charge in [0.05, 0.1) is 10.9 Å². The maximum atomic E-state index is 13.9. The first-order chi connectivity index (χ1) is 17.6. The standard InChI is InChI=1S/C29H37NO6SSi.Na/c1-27(2,3)38(6,7)36-21-18-29(21)25(32)30-23(28(4,5)37(33,34)26(29)30)24(31)35-22(19-14-10-8-11-15-19)20-16-12-9-13-17-20;/h8-17,21-23,26H,18H2,1-7H3;/q;+1/t21?,23-,26+,29?;/m0./s1. The maximum Gasteiger partial charge on any atom is 1.00 e. The van der Waals surface area contributed by atoms with Crippen LogP contribution in [-0.2, 0) is 28.6 Å². The monoisotopic (exact) mass is 578 g/mol. The van der Waals surface area contributed by atoms with Gasteiger partial charge in [0.25, 0.3) is 0 Å². The topological polar surface area (TPSA) is 90.0 Å². The average Bonchev–Trinajstić information content (AvgIpc) is 3.53. The molecule has 1 spiro atoms. The zero-order valence-corrected chi connectivity index (χ0v) is 27.9. The van der Waals surface area contributed by atoms with E-state index in [4.69, 9.17) is 9.16 Å². The number of esters is 1. The van der Waals surface area contributed by atoms with Crippen molar-refractivity contribution in [2.24, 2.45) is 5.41 Å². The second-order valence-corrected chi connectivity index (χ2v) is 20.2. The maximum absolute atomic E-state index is 13.9. The van der Waals surface area contributed by atoms with Crippen molar-refractivity contribution < 1.29 is 56.7 Å². The second-order valence-electron chi connectivity index (χ2n) is 12.9. The van der Waals surface area contributed by atoms with E-state index in [0.717, 1.165) is 11.1 Å². The number of sulfone groups is 1. The van der Waals surface area contributed by atoms with Crippen LogP contribution in [0.3, 0.4) is 0 Å². The van der Waals surface area contributed by atoms with Crippen LogP contribution in [-0.4, -0.2) is 55.8 Å². The summed E-state index contributed by atoms with van der Waals surface area (Å²) in [6.07, 6.45) is -0.810.